The summed E-state index contributed by atoms with van der Waals surface area (Å²) in [5.74, 6) is 1.65. The van der Waals surface area contributed by atoms with Gasteiger partial charge >= 0.3 is 0 Å². The Morgan fingerprint density at radius 2 is 0.970 bits per heavy atom. The summed E-state index contributed by atoms with van der Waals surface area (Å²) in [7, 11) is 0. The summed E-state index contributed by atoms with van der Waals surface area (Å²) in [5, 5.41) is 8.92. The first-order valence-electron chi connectivity index (χ1n) is 13.2. The molecule has 178 valence electrons. The molecule has 0 aromatic carbocycles. The zero-order valence-electron chi connectivity index (χ0n) is 20.5. The molecule has 3 rings (SSSR count). The van der Waals surface area contributed by atoms with E-state index < -0.39 is 0 Å². The van der Waals surface area contributed by atoms with E-state index in [1.807, 2.05) is 36.4 Å². The molecule has 0 saturated carbocycles. The van der Waals surface area contributed by atoms with Gasteiger partial charge in [0.25, 0.3) is 0 Å². The van der Waals surface area contributed by atoms with Gasteiger partial charge < -0.3 is 4.57 Å². The van der Waals surface area contributed by atoms with Gasteiger partial charge in [-0.25, -0.2) is 0 Å². The summed E-state index contributed by atoms with van der Waals surface area (Å²) in [6.45, 7) is 3.18. The molecule has 0 bridgehead atoms. The molecule has 3 heterocycles. The molecular formula is C28H41N5. The number of hydrogen-bond acceptors (Lipinski definition) is 4. The van der Waals surface area contributed by atoms with E-state index in [-0.39, 0.29) is 0 Å². The molecule has 0 unspecified atom stereocenters. The summed E-state index contributed by atoms with van der Waals surface area (Å²) < 4.78 is 2.19. The van der Waals surface area contributed by atoms with Crippen molar-refractivity contribution in [3.63, 3.8) is 0 Å². The van der Waals surface area contributed by atoms with Gasteiger partial charge in [-0.3, -0.25) is 9.97 Å². The molecule has 0 aliphatic heterocycles. The molecule has 0 N–H and O–H groups in total. The van der Waals surface area contributed by atoms with Crippen LogP contribution >= 0.6 is 0 Å². The molecule has 3 aromatic heterocycles. The average Bonchev–Trinajstić information content (AvgIpc) is 3.29. The van der Waals surface area contributed by atoms with E-state index in [1.54, 1.807) is 12.4 Å². The summed E-state index contributed by atoms with van der Waals surface area (Å²) in [4.78, 5) is 8.98. The second kappa shape index (κ2) is 15.3. The summed E-state index contributed by atoms with van der Waals surface area (Å²) in [6.07, 6.45) is 22.7. The smallest absolute Gasteiger partial charge is 0.182 e. The maximum atomic E-state index is 4.49. The molecule has 0 saturated heterocycles. The lowest BCUT2D eigenvalue weighted by molar-refractivity contribution is 0.525. The van der Waals surface area contributed by atoms with E-state index in [0.717, 1.165) is 36.0 Å². The van der Waals surface area contributed by atoms with E-state index in [0.29, 0.717) is 0 Å². The predicted molar refractivity (Wildman–Crippen MR) is 137 cm³/mol. The standard InChI is InChI=1S/C28H41N5/c1-2-3-4-5-6-7-8-9-10-11-12-13-14-19-24-33-27(25-20-15-17-22-29-25)31-32-28(33)26-21-16-18-23-30-26/h15-18,20-23H,2-14,19,24H2,1H3. The lowest BCUT2D eigenvalue weighted by atomic mass is 10.0. The van der Waals surface area contributed by atoms with E-state index in [2.05, 4.69) is 31.7 Å². The Bertz CT molecular complexity index is 819. The molecule has 5 heteroatoms. The number of unbranched alkanes of at least 4 members (excludes halogenated alkanes) is 13. The second-order valence-corrected chi connectivity index (χ2v) is 9.03. The van der Waals surface area contributed by atoms with Crippen LogP contribution in [0.15, 0.2) is 48.8 Å². The summed E-state index contributed by atoms with van der Waals surface area (Å²) in [5.41, 5.74) is 1.72. The highest BCUT2D eigenvalue weighted by Gasteiger charge is 2.16. The van der Waals surface area contributed by atoms with Crippen molar-refractivity contribution in [2.45, 2.75) is 103 Å². The molecular weight excluding hydrogens is 406 g/mol. The Hall–Kier alpha value is -2.56. The van der Waals surface area contributed by atoms with Crippen molar-refractivity contribution in [1.29, 1.82) is 0 Å². The van der Waals surface area contributed by atoms with Gasteiger partial charge in [-0.1, -0.05) is 103 Å². The van der Waals surface area contributed by atoms with Crippen LogP contribution in [-0.4, -0.2) is 24.7 Å². The van der Waals surface area contributed by atoms with E-state index in [4.69, 9.17) is 0 Å². The fourth-order valence-corrected chi connectivity index (χ4v) is 4.35. The number of nitrogens with zero attached hydrogens (tertiary/aromatic N) is 5. The van der Waals surface area contributed by atoms with Crippen molar-refractivity contribution >= 4 is 0 Å². The predicted octanol–water partition coefficient (Wildman–Crippen LogP) is 7.88. The number of rotatable bonds is 17. The minimum atomic E-state index is 0.825. The number of hydrogen-bond donors (Lipinski definition) is 0. The topological polar surface area (TPSA) is 56.5 Å². The zero-order chi connectivity index (χ0) is 23.0. The highest BCUT2D eigenvalue weighted by Crippen LogP contribution is 2.23. The van der Waals surface area contributed by atoms with Gasteiger partial charge in [0.15, 0.2) is 11.6 Å². The van der Waals surface area contributed by atoms with Crippen LogP contribution in [0, 0.1) is 0 Å². The quantitative estimate of drug-likeness (QED) is 0.197. The SMILES string of the molecule is CCCCCCCCCCCCCCCCn1c(-c2ccccn2)nnc1-c1ccccn1. The average molecular weight is 448 g/mol. The molecule has 0 aliphatic carbocycles. The largest absolute Gasteiger partial charge is 0.304 e. The monoisotopic (exact) mass is 447 g/mol. The van der Waals surface area contributed by atoms with Crippen LogP contribution in [0.2, 0.25) is 0 Å². The normalized spacial score (nSPS) is 11.2. The third-order valence-corrected chi connectivity index (χ3v) is 6.27. The van der Waals surface area contributed by atoms with Crippen LogP contribution < -0.4 is 0 Å². The third kappa shape index (κ3) is 8.71. The minimum absolute atomic E-state index is 0.825. The lowest BCUT2D eigenvalue weighted by Gasteiger charge is -2.10. The number of pyridine rings is 2. The van der Waals surface area contributed by atoms with Gasteiger partial charge in [-0.15, -0.1) is 10.2 Å². The second-order valence-electron chi connectivity index (χ2n) is 9.03. The molecule has 0 atom stereocenters. The van der Waals surface area contributed by atoms with Gasteiger partial charge in [0.1, 0.15) is 11.4 Å². The van der Waals surface area contributed by atoms with E-state index in [1.165, 1.54) is 83.5 Å². The van der Waals surface area contributed by atoms with Crippen molar-refractivity contribution < 1.29 is 0 Å². The summed E-state index contributed by atoms with van der Waals surface area (Å²) in [6, 6.07) is 11.8. The Balaban J connectivity index is 1.37. The van der Waals surface area contributed by atoms with Gasteiger partial charge in [0, 0.05) is 18.9 Å². The molecule has 0 amide bonds. The fourth-order valence-electron chi connectivity index (χ4n) is 4.35. The highest BCUT2D eigenvalue weighted by molar-refractivity contribution is 5.57. The van der Waals surface area contributed by atoms with Crippen LogP contribution in [-0.2, 0) is 6.54 Å². The molecule has 0 aliphatic rings. The lowest BCUT2D eigenvalue weighted by Crippen LogP contribution is -2.05. The fraction of sp³-hybridized carbons (Fsp3) is 0.571. The van der Waals surface area contributed by atoms with Gasteiger partial charge in [-0.05, 0) is 30.7 Å². The number of aromatic nitrogens is 5. The Labute approximate surface area is 200 Å². The van der Waals surface area contributed by atoms with Crippen LogP contribution in [0.5, 0.6) is 0 Å². The third-order valence-electron chi connectivity index (χ3n) is 6.27. The Kier molecular flexibility index (Phi) is 11.6. The first-order valence-corrected chi connectivity index (χ1v) is 13.2. The maximum Gasteiger partial charge on any atom is 0.182 e. The molecule has 0 spiro atoms. The van der Waals surface area contributed by atoms with Crippen molar-refractivity contribution in [2.24, 2.45) is 0 Å². The van der Waals surface area contributed by atoms with Crippen molar-refractivity contribution in [1.82, 2.24) is 24.7 Å². The molecule has 0 fully saturated rings. The molecule has 0 radical (unpaired) electrons. The Morgan fingerprint density at radius 3 is 1.36 bits per heavy atom. The van der Waals surface area contributed by atoms with Crippen LogP contribution in [0.1, 0.15) is 96.8 Å². The van der Waals surface area contributed by atoms with Crippen LogP contribution in [0.25, 0.3) is 23.0 Å². The van der Waals surface area contributed by atoms with Gasteiger partial charge in [0.05, 0.1) is 0 Å². The molecule has 33 heavy (non-hydrogen) atoms. The van der Waals surface area contributed by atoms with Gasteiger partial charge in [-0.2, -0.15) is 0 Å². The summed E-state index contributed by atoms with van der Waals surface area (Å²) >= 11 is 0. The zero-order valence-corrected chi connectivity index (χ0v) is 20.5. The van der Waals surface area contributed by atoms with Crippen LogP contribution in [0.4, 0.5) is 0 Å². The first kappa shape index (κ1) is 25.1. The van der Waals surface area contributed by atoms with Crippen molar-refractivity contribution in [2.75, 3.05) is 0 Å². The van der Waals surface area contributed by atoms with Crippen molar-refractivity contribution in [3.05, 3.63) is 48.8 Å². The molecule has 5 nitrogen and oxygen atoms in total. The first-order chi connectivity index (χ1) is 16.4. The minimum Gasteiger partial charge on any atom is -0.304 e. The van der Waals surface area contributed by atoms with E-state index in [9.17, 15) is 0 Å². The van der Waals surface area contributed by atoms with Gasteiger partial charge in [0.2, 0.25) is 0 Å². The maximum absolute atomic E-state index is 4.49. The molecule has 3 aromatic rings. The van der Waals surface area contributed by atoms with Crippen molar-refractivity contribution in [3.8, 4) is 23.0 Å². The van der Waals surface area contributed by atoms with Crippen LogP contribution in [0.3, 0.4) is 0 Å². The van der Waals surface area contributed by atoms with E-state index >= 15 is 0 Å². The Morgan fingerprint density at radius 1 is 0.545 bits per heavy atom. The highest BCUT2D eigenvalue weighted by atomic mass is 15.3.